The number of rotatable bonds is 12. The number of aliphatic hydroxyl groups is 1. The van der Waals surface area contributed by atoms with Crippen LogP contribution in [0.3, 0.4) is 0 Å². The van der Waals surface area contributed by atoms with Crippen LogP contribution in [0, 0.1) is 5.92 Å². The molecule has 1 saturated carbocycles. The van der Waals surface area contributed by atoms with Crippen molar-refractivity contribution in [1.82, 2.24) is 0 Å². The van der Waals surface area contributed by atoms with Gasteiger partial charge in [-0.25, -0.2) is 0 Å². The number of thioether (sulfide) groups is 1. The molecule has 0 saturated heterocycles. The Kier molecular flexibility index (Phi) is 11.9. The summed E-state index contributed by atoms with van der Waals surface area (Å²) in [6.07, 6.45) is 14.1. The van der Waals surface area contributed by atoms with Gasteiger partial charge in [0.05, 0.1) is 13.2 Å². The smallest absolute Gasteiger partial charge is 0.305 e. The molecule has 0 aromatic carbocycles. The Labute approximate surface area is 140 Å². The average molecular weight is 331 g/mol. The highest BCUT2D eigenvalue weighted by Crippen LogP contribution is 2.28. The maximum absolute atomic E-state index is 10.9. The number of unbranched alkanes of at least 4 members (excludes halogenated alkanes) is 2. The number of esters is 1. The Morgan fingerprint density at radius 3 is 2.68 bits per heavy atom. The van der Waals surface area contributed by atoms with Crippen LogP contribution < -0.4 is 0 Å². The van der Waals surface area contributed by atoms with Gasteiger partial charge in [0, 0.05) is 12.2 Å². The van der Waals surface area contributed by atoms with E-state index < -0.39 is 0 Å². The van der Waals surface area contributed by atoms with E-state index in [1.807, 2.05) is 11.8 Å². The van der Waals surface area contributed by atoms with E-state index in [9.17, 15) is 9.90 Å². The van der Waals surface area contributed by atoms with E-state index in [0.717, 1.165) is 43.1 Å². The quantitative estimate of drug-likeness (QED) is 0.421. The SMILES string of the molecule is COC(=O)CCCCCSCC(O)CCCC1CCCCC1. The monoisotopic (exact) mass is 330 g/mol. The van der Waals surface area contributed by atoms with Crippen LogP contribution in [0.2, 0.25) is 0 Å². The molecular weight excluding hydrogens is 296 g/mol. The van der Waals surface area contributed by atoms with Gasteiger partial charge in [-0.3, -0.25) is 4.79 Å². The molecule has 0 bridgehead atoms. The highest BCUT2D eigenvalue weighted by Gasteiger charge is 2.13. The van der Waals surface area contributed by atoms with Gasteiger partial charge in [0.25, 0.3) is 0 Å². The first-order chi connectivity index (χ1) is 10.7. The van der Waals surface area contributed by atoms with Crippen LogP contribution in [0.4, 0.5) is 0 Å². The van der Waals surface area contributed by atoms with E-state index in [-0.39, 0.29) is 12.1 Å². The van der Waals surface area contributed by atoms with Crippen molar-refractivity contribution in [2.45, 2.75) is 83.2 Å². The van der Waals surface area contributed by atoms with E-state index in [2.05, 4.69) is 4.74 Å². The molecule has 4 heteroatoms. The van der Waals surface area contributed by atoms with Crippen LogP contribution in [0.5, 0.6) is 0 Å². The summed E-state index contributed by atoms with van der Waals surface area (Å²) >= 11 is 1.85. The van der Waals surface area contributed by atoms with Crippen LogP contribution >= 0.6 is 11.8 Å². The lowest BCUT2D eigenvalue weighted by molar-refractivity contribution is -0.140. The van der Waals surface area contributed by atoms with E-state index in [4.69, 9.17) is 0 Å². The summed E-state index contributed by atoms with van der Waals surface area (Å²) in [5.74, 6) is 2.77. The fraction of sp³-hybridized carbons (Fsp3) is 0.944. The summed E-state index contributed by atoms with van der Waals surface area (Å²) in [5.41, 5.74) is 0. The highest BCUT2D eigenvalue weighted by atomic mass is 32.2. The zero-order valence-corrected chi connectivity index (χ0v) is 15.0. The minimum Gasteiger partial charge on any atom is -0.469 e. The van der Waals surface area contributed by atoms with Gasteiger partial charge in [-0.15, -0.1) is 0 Å². The Bertz CT molecular complexity index is 278. The van der Waals surface area contributed by atoms with E-state index >= 15 is 0 Å². The first-order valence-electron chi connectivity index (χ1n) is 9.05. The largest absolute Gasteiger partial charge is 0.469 e. The molecule has 1 atom stereocenters. The fourth-order valence-electron chi connectivity index (χ4n) is 3.17. The number of hydrogen-bond acceptors (Lipinski definition) is 4. The summed E-state index contributed by atoms with van der Waals surface area (Å²) in [7, 11) is 1.44. The molecule has 1 aliphatic rings. The lowest BCUT2D eigenvalue weighted by Gasteiger charge is -2.21. The number of methoxy groups -OCH3 is 1. The Morgan fingerprint density at radius 2 is 1.95 bits per heavy atom. The molecular formula is C18H34O3S. The number of carbonyl (C=O) groups is 1. The molecule has 0 radical (unpaired) electrons. The van der Waals surface area contributed by atoms with Crippen molar-refractivity contribution in [3.05, 3.63) is 0 Å². The molecule has 0 aromatic rings. The topological polar surface area (TPSA) is 46.5 Å². The van der Waals surface area contributed by atoms with Crippen molar-refractivity contribution in [2.24, 2.45) is 5.92 Å². The molecule has 0 aromatic heterocycles. The average Bonchev–Trinajstić information content (AvgIpc) is 2.54. The Balaban J connectivity index is 1.84. The highest BCUT2D eigenvalue weighted by molar-refractivity contribution is 7.99. The van der Waals surface area contributed by atoms with Gasteiger partial charge >= 0.3 is 5.97 Å². The molecule has 22 heavy (non-hydrogen) atoms. The minimum atomic E-state index is -0.136. The predicted octanol–water partition coefficient (Wildman–Crippen LogP) is 4.56. The molecule has 1 N–H and O–H groups in total. The van der Waals surface area contributed by atoms with Crippen LogP contribution in [-0.2, 0) is 9.53 Å². The van der Waals surface area contributed by atoms with E-state index in [1.165, 1.54) is 52.1 Å². The van der Waals surface area contributed by atoms with Gasteiger partial charge in [-0.2, -0.15) is 11.8 Å². The molecule has 3 nitrogen and oxygen atoms in total. The zero-order chi connectivity index (χ0) is 16.0. The third-order valence-electron chi connectivity index (χ3n) is 4.58. The van der Waals surface area contributed by atoms with Gasteiger partial charge in [0.1, 0.15) is 0 Å². The van der Waals surface area contributed by atoms with Crippen LogP contribution in [-0.4, -0.2) is 35.8 Å². The van der Waals surface area contributed by atoms with Gasteiger partial charge < -0.3 is 9.84 Å². The second-order valence-corrected chi connectivity index (χ2v) is 7.70. The van der Waals surface area contributed by atoms with Crippen molar-refractivity contribution >= 4 is 17.7 Å². The standard InChI is InChI=1S/C18H34O3S/c1-21-18(20)13-6-3-7-14-22-15-17(19)12-8-11-16-9-4-2-5-10-16/h16-17,19H,2-15H2,1H3. The van der Waals surface area contributed by atoms with Gasteiger partial charge in [-0.1, -0.05) is 51.4 Å². The second-order valence-electron chi connectivity index (χ2n) is 6.55. The maximum atomic E-state index is 10.9. The zero-order valence-electron chi connectivity index (χ0n) is 14.2. The van der Waals surface area contributed by atoms with E-state index in [0.29, 0.717) is 6.42 Å². The van der Waals surface area contributed by atoms with E-state index in [1.54, 1.807) is 0 Å². The third-order valence-corrected chi connectivity index (χ3v) is 5.78. The first-order valence-corrected chi connectivity index (χ1v) is 10.2. The van der Waals surface area contributed by atoms with Crippen molar-refractivity contribution < 1.29 is 14.6 Å². The molecule has 0 heterocycles. The van der Waals surface area contributed by atoms with Crippen molar-refractivity contribution in [1.29, 1.82) is 0 Å². The fourth-order valence-corrected chi connectivity index (χ4v) is 4.19. The molecule has 0 spiro atoms. The second kappa shape index (κ2) is 13.2. The van der Waals surface area contributed by atoms with Gasteiger partial charge in [-0.05, 0) is 30.9 Å². The number of carbonyl (C=O) groups excluding carboxylic acids is 1. The summed E-state index contributed by atoms with van der Waals surface area (Å²) < 4.78 is 4.61. The molecule has 1 rings (SSSR count). The maximum Gasteiger partial charge on any atom is 0.305 e. The van der Waals surface area contributed by atoms with Crippen molar-refractivity contribution in [2.75, 3.05) is 18.6 Å². The molecule has 1 fully saturated rings. The Hall–Kier alpha value is -0.220. The number of ether oxygens (including phenoxy) is 1. The van der Waals surface area contributed by atoms with Crippen molar-refractivity contribution in [3.63, 3.8) is 0 Å². The van der Waals surface area contributed by atoms with Crippen LogP contribution in [0.15, 0.2) is 0 Å². The van der Waals surface area contributed by atoms with Crippen molar-refractivity contribution in [3.8, 4) is 0 Å². The molecule has 1 aliphatic carbocycles. The summed E-state index contributed by atoms with van der Waals surface area (Å²) in [5, 5.41) is 10.0. The lowest BCUT2D eigenvalue weighted by Crippen LogP contribution is -2.12. The molecule has 130 valence electrons. The summed E-state index contributed by atoms with van der Waals surface area (Å²) in [4.78, 5) is 10.9. The molecule has 0 aliphatic heterocycles. The summed E-state index contributed by atoms with van der Waals surface area (Å²) in [6, 6.07) is 0. The first kappa shape index (κ1) is 19.8. The van der Waals surface area contributed by atoms with Gasteiger partial charge in [0.2, 0.25) is 0 Å². The Morgan fingerprint density at radius 1 is 1.18 bits per heavy atom. The number of hydrogen-bond donors (Lipinski definition) is 1. The lowest BCUT2D eigenvalue weighted by atomic mass is 9.85. The number of aliphatic hydroxyl groups excluding tert-OH is 1. The third kappa shape index (κ3) is 10.5. The van der Waals surface area contributed by atoms with Crippen LogP contribution in [0.25, 0.3) is 0 Å². The normalized spacial score (nSPS) is 17.4. The minimum absolute atomic E-state index is 0.110. The predicted molar refractivity (Wildman–Crippen MR) is 94.2 cm³/mol. The summed E-state index contributed by atoms with van der Waals surface area (Å²) in [6.45, 7) is 0. The van der Waals surface area contributed by atoms with Gasteiger partial charge in [0.15, 0.2) is 0 Å². The molecule has 1 unspecified atom stereocenters. The molecule has 0 amide bonds. The van der Waals surface area contributed by atoms with Crippen LogP contribution in [0.1, 0.15) is 77.0 Å².